The Balaban J connectivity index is 0.00000180. The van der Waals surface area contributed by atoms with Gasteiger partial charge in [0, 0.05) is 55.2 Å². The number of unbranched alkanes of at least 4 members (excludes halogenated alkanes) is 1. The minimum absolute atomic E-state index is 0. The summed E-state index contributed by atoms with van der Waals surface area (Å²) in [6.07, 6.45) is 4.27. The Bertz CT molecular complexity index is 649. The average Bonchev–Trinajstić information content (AvgIpc) is 2.66. The van der Waals surface area contributed by atoms with E-state index in [0.29, 0.717) is 5.69 Å². The van der Waals surface area contributed by atoms with Gasteiger partial charge < -0.3 is 4.42 Å². The van der Waals surface area contributed by atoms with Crippen LogP contribution in [-0.4, -0.2) is 52.4 Å². The number of rotatable bonds is 5. The van der Waals surface area contributed by atoms with Gasteiger partial charge in [0.2, 0.25) is 10.0 Å². The van der Waals surface area contributed by atoms with Gasteiger partial charge in [-0.3, -0.25) is 4.72 Å². The first-order valence-corrected chi connectivity index (χ1v) is 7.87. The maximum atomic E-state index is 11.1. The van der Waals surface area contributed by atoms with Crippen LogP contribution in [0.3, 0.4) is 0 Å². The zero-order valence-electron chi connectivity index (χ0n) is 11.3. The number of anilines is 1. The zero-order chi connectivity index (χ0) is 13.2. The first kappa shape index (κ1) is 16.8. The third-order valence-corrected chi connectivity index (χ3v) is 3.25. The number of hydrogen-bond donors (Lipinski definition) is 1. The molecule has 0 bridgehead atoms. The first-order chi connectivity index (χ1) is 8.48. The Morgan fingerprint density at radius 3 is 2.63 bits per heavy atom. The van der Waals surface area contributed by atoms with Crippen LogP contribution in [-0.2, 0) is 16.4 Å². The van der Waals surface area contributed by atoms with Gasteiger partial charge in [0.05, 0.1) is 6.26 Å². The molecule has 0 spiro atoms. The minimum Gasteiger partial charge on any atom is -0.461 e. The molecule has 0 aliphatic rings. The second kappa shape index (κ2) is 6.97. The fourth-order valence-electron chi connectivity index (χ4n) is 1.85. The van der Waals surface area contributed by atoms with Gasteiger partial charge in [-0.05, 0) is 30.7 Å². The molecular formula is C13H17CaNO3S. The summed E-state index contributed by atoms with van der Waals surface area (Å²) in [5.41, 5.74) is 1.35. The summed E-state index contributed by atoms with van der Waals surface area (Å²) in [7, 11) is -3.23. The predicted molar refractivity (Wildman–Crippen MR) is 79.0 cm³/mol. The molecule has 2 radical (unpaired) electrons. The molecular weight excluding hydrogens is 290 g/mol. The molecule has 0 aliphatic heterocycles. The maximum absolute atomic E-state index is 11.1. The molecule has 100 valence electrons. The monoisotopic (exact) mass is 307 g/mol. The van der Waals surface area contributed by atoms with Gasteiger partial charge in [0.15, 0.2) is 0 Å². The molecule has 0 amide bonds. The van der Waals surface area contributed by atoms with Gasteiger partial charge >= 0.3 is 0 Å². The van der Waals surface area contributed by atoms with Gasteiger partial charge in [-0.1, -0.05) is 13.3 Å². The summed E-state index contributed by atoms with van der Waals surface area (Å²) < 4.78 is 30.4. The van der Waals surface area contributed by atoms with Gasteiger partial charge in [0.1, 0.15) is 11.3 Å². The largest absolute Gasteiger partial charge is 0.461 e. The second-order valence-corrected chi connectivity index (χ2v) is 6.19. The fraction of sp³-hybridized carbons (Fsp3) is 0.385. The van der Waals surface area contributed by atoms with Crippen molar-refractivity contribution in [2.24, 2.45) is 0 Å². The number of furan rings is 1. The van der Waals surface area contributed by atoms with Crippen molar-refractivity contribution < 1.29 is 12.8 Å². The third-order valence-electron chi connectivity index (χ3n) is 2.65. The zero-order valence-corrected chi connectivity index (χ0v) is 14.3. The van der Waals surface area contributed by atoms with E-state index >= 15 is 0 Å². The Labute approximate surface area is 143 Å². The number of hydrogen-bond acceptors (Lipinski definition) is 3. The molecule has 0 atom stereocenters. The molecule has 1 N–H and O–H groups in total. The van der Waals surface area contributed by atoms with E-state index in [4.69, 9.17) is 4.42 Å². The molecule has 6 heteroatoms. The van der Waals surface area contributed by atoms with Crippen molar-refractivity contribution in [1.82, 2.24) is 0 Å². The van der Waals surface area contributed by atoms with Crippen molar-refractivity contribution in [1.29, 1.82) is 0 Å². The van der Waals surface area contributed by atoms with Crippen molar-refractivity contribution in [3.05, 3.63) is 30.0 Å². The van der Waals surface area contributed by atoms with Crippen LogP contribution in [0.1, 0.15) is 25.5 Å². The molecule has 0 aliphatic carbocycles. The maximum Gasteiger partial charge on any atom is 0.229 e. The Morgan fingerprint density at radius 1 is 1.26 bits per heavy atom. The molecule has 2 rings (SSSR count). The van der Waals surface area contributed by atoms with Crippen molar-refractivity contribution in [2.45, 2.75) is 26.2 Å². The van der Waals surface area contributed by atoms with Crippen LogP contribution in [0.4, 0.5) is 5.69 Å². The van der Waals surface area contributed by atoms with Gasteiger partial charge in [0.25, 0.3) is 0 Å². The number of fused-ring (bicyclic) bond motifs is 1. The smallest absolute Gasteiger partial charge is 0.229 e. The van der Waals surface area contributed by atoms with Gasteiger partial charge in [-0.2, -0.15) is 0 Å². The fourth-order valence-corrected chi connectivity index (χ4v) is 2.41. The number of aryl methyl sites for hydroxylation is 1. The summed E-state index contributed by atoms with van der Waals surface area (Å²) >= 11 is 0. The number of benzene rings is 1. The van der Waals surface area contributed by atoms with Crippen LogP contribution >= 0.6 is 0 Å². The van der Waals surface area contributed by atoms with Crippen molar-refractivity contribution in [3.63, 3.8) is 0 Å². The third kappa shape index (κ3) is 4.99. The standard InChI is InChI=1S/C13H17NO3S.Ca/c1-3-4-5-12-9-10-8-11(14-18(2,15)16)6-7-13(10)17-12;/h6-9,14H,3-5H2,1-2H3;. The number of sulfonamides is 1. The molecule has 0 unspecified atom stereocenters. The van der Waals surface area contributed by atoms with Crippen LogP contribution in [0.5, 0.6) is 0 Å². The summed E-state index contributed by atoms with van der Waals surface area (Å²) in [4.78, 5) is 0. The minimum atomic E-state index is -3.23. The first-order valence-electron chi connectivity index (χ1n) is 5.98. The van der Waals surface area contributed by atoms with E-state index < -0.39 is 10.0 Å². The molecule has 1 aromatic carbocycles. The average molecular weight is 307 g/mol. The molecule has 19 heavy (non-hydrogen) atoms. The van der Waals surface area contributed by atoms with E-state index in [0.717, 1.165) is 42.2 Å². The Kier molecular flexibility index (Phi) is 6.17. The van der Waals surface area contributed by atoms with Crippen LogP contribution in [0.2, 0.25) is 0 Å². The van der Waals surface area contributed by atoms with Gasteiger partial charge in [-0.25, -0.2) is 8.42 Å². The molecule has 0 fully saturated rings. The topological polar surface area (TPSA) is 59.3 Å². The van der Waals surface area contributed by atoms with Crippen molar-refractivity contribution >= 4 is 64.4 Å². The van der Waals surface area contributed by atoms with E-state index in [9.17, 15) is 8.42 Å². The van der Waals surface area contributed by atoms with E-state index in [1.165, 1.54) is 0 Å². The summed E-state index contributed by atoms with van der Waals surface area (Å²) in [6.45, 7) is 2.14. The van der Waals surface area contributed by atoms with Crippen LogP contribution in [0.25, 0.3) is 11.0 Å². The molecule has 4 nitrogen and oxygen atoms in total. The SMILES string of the molecule is CCCCc1cc2cc(NS(C)(=O)=O)ccc2o1.[Ca]. The Hall–Kier alpha value is -0.230. The predicted octanol–water partition coefficient (Wildman–Crippen LogP) is 2.77. The van der Waals surface area contributed by atoms with E-state index in [-0.39, 0.29) is 37.7 Å². The summed E-state index contributed by atoms with van der Waals surface area (Å²) in [6, 6.07) is 7.25. The van der Waals surface area contributed by atoms with Crippen LogP contribution < -0.4 is 4.72 Å². The quantitative estimate of drug-likeness (QED) is 0.864. The second-order valence-electron chi connectivity index (χ2n) is 4.44. The molecule has 1 aromatic heterocycles. The molecule has 1 heterocycles. The van der Waals surface area contributed by atoms with Crippen molar-refractivity contribution in [3.8, 4) is 0 Å². The normalized spacial score (nSPS) is 11.3. The Morgan fingerprint density at radius 2 is 2.00 bits per heavy atom. The van der Waals surface area contributed by atoms with E-state index in [1.54, 1.807) is 18.2 Å². The molecule has 0 saturated carbocycles. The summed E-state index contributed by atoms with van der Waals surface area (Å²) in [5, 5.41) is 0.926. The van der Waals surface area contributed by atoms with Gasteiger partial charge in [-0.15, -0.1) is 0 Å². The van der Waals surface area contributed by atoms with E-state index in [2.05, 4.69) is 11.6 Å². The summed E-state index contributed by atoms with van der Waals surface area (Å²) in [5.74, 6) is 0.948. The van der Waals surface area contributed by atoms with E-state index in [1.807, 2.05) is 6.07 Å². The molecule has 2 aromatic rings. The molecule has 0 saturated heterocycles. The van der Waals surface area contributed by atoms with Crippen molar-refractivity contribution in [2.75, 3.05) is 11.0 Å². The number of nitrogens with one attached hydrogen (secondary N) is 1. The van der Waals surface area contributed by atoms with Crippen LogP contribution in [0.15, 0.2) is 28.7 Å². The van der Waals surface area contributed by atoms with Crippen LogP contribution in [0, 0.1) is 0 Å².